The number of rotatable bonds is 4. The molecule has 0 atom stereocenters. The molecular formula is C32H38NSi+. The first-order valence-corrected chi connectivity index (χ1v) is 15.9. The summed E-state index contributed by atoms with van der Waals surface area (Å²) in [5.41, 5.74) is 6.37. The fraction of sp³-hybridized carbons (Fsp3) is 0.344. The Kier molecular flexibility index (Phi) is 5.86. The molecule has 0 bridgehead atoms. The highest BCUT2D eigenvalue weighted by Gasteiger charge is 2.28. The molecule has 3 aromatic carbocycles. The molecule has 0 saturated heterocycles. The quantitative estimate of drug-likeness (QED) is 0.230. The molecule has 0 radical (unpaired) electrons. The van der Waals surface area contributed by atoms with Gasteiger partial charge in [0, 0.05) is 18.5 Å². The fourth-order valence-corrected chi connectivity index (χ4v) is 8.17. The molecule has 0 spiro atoms. The van der Waals surface area contributed by atoms with Crippen LogP contribution in [0.1, 0.15) is 56.2 Å². The fourth-order valence-electron chi connectivity index (χ4n) is 5.80. The molecule has 1 aliphatic rings. The van der Waals surface area contributed by atoms with Gasteiger partial charge in [-0.25, -0.2) is 0 Å². The van der Waals surface area contributed by atoms with Gasteiger partial charge in [-0.05, 0) is 54.3 Å². The maximum Gasteiger partial charge on any atom is 0.220 e. The Morgan fingerprint density at radius 2 is 1.59 bits per heavy atom. The van der Waals surface area contributed by atoms with E-state index in [2.05, 4.69) is 105 Å². The molecule has 34 heavy (non-hydrogen) atoms. The minimum absolute atomic E-state index is 0.645. The molecule has 1 heterocycles. The van der Waals surface area contributed by atoms with E-state index in [1.54, 1.807) is 0 Å². The van der Waals surface area contributed by atoms with Crippen LogP contribution in [0.5, 0.6) is 0 Å². The van der Waals surface area contributed by atoms with Crippen LogP contribution >= 0.6 is 0 Å². The molecule has 1 fully saturated rings. The summed E-state index contributed by atoms with van der Waals surface area (Å²) in [4.78, 5) is 0. The highest BCUT2D eigenvalue weighted by molar-refractivity contribution is 7.00. The zero-order valence-corrected chi connectivity index (χ0v) is 22.4. The molecule has 0 N–H and O–H groups in total. The number of aromatic nitrogens is 1. The summed E-state index contributed by atoms with van der Waals surface area (Å²) < 4.78 is 11.3. The molecule has 1 nitrogen and oxygen atoms in total. The van der Waals surface area contributed by atoms with Crippen LogP contribution in [0, 0.1) is 13.8 Å². The van der Waals surface area contributed by atoms with Gasteiger partial charge in [0.05, 0.1) is 6.76 Å². The average molecular weight is 466 g/mol. The van der Waals surface area contributed by atoms with Crippen molar-refractivity contribution in [1.82, 2.24) is 0 Å². The molecule has 2 heteroatoms. The van der Waals surface area contributed by atoms with E-state index in [9.17, 15) is 0 Å². The van der Waals surface area contributed by atoms with E-state index in [0.717, 1.165) is 11.1 Å². The van der Waals surface area contributed by atoms with Crippen molar-refractivity contribution in [3.63, 3.8) is 0 Å². The first kappa shape index (κ1) is 21.8. The predicted molar refractivity (Wildman–Crippen MR) is 149 cm³/mol. The summed E-state index contributed by atoms with van der Waals surface area (Å²) >= 11 is 0. The van der Waals surface area contributed by atoms with Crippen LogP contribution in [-0.2, 0) is 7.05 Å². The minimum Gasteiger partial charge on any atom is -0.198 e. The normalized spacial score (nSPS) is 15.5. The van der Waals surface area contributed by atoms with E-state index in [1.807, 2.05) is 0 Å². The zero-order chi connectivity index (χ0) is 24.7. The van der Waals surface area contributed by atoms with Crippen LogP contribution in [0.4, 0.5) is 0 Å². The van der Waals surface area contributed by atoms with Gasteiger partial charge in [-0.2, -0.15) is 4.57 Å². The lowest BCUT2D eigenvalue weighted by Gasteiger charge is -2.24. The highest BCUT2D eigenvalue weighted by atomic mass is 28.3. The van der Waals surface area contributed by atoms with Gasteiger partial charge in [0.1, 0.15) is 15.1 Å². The Morgan fingerprint density at radius 3 is 2.32 bits per heavy atom. The van der Waals surface area contributed by atoms with Gasteiger partial charge in [0.15, 0.2) is 5.69 Å². The third-order valence-corrected chi connectivity index (χ3v) is 11.8. The van der Waals surface area contributed by atoms with Gasteiger partial charge < -0.3 is 0 Å². The number of hydrogen-bond donors (Lipinski definition) is 0. The molecular weight excluding hydrogens is 426 g/mol. The number of hydrogen-bond acceptors (Lipinski definition) is 0. The average Bonchev–Trinajstić information content (AvgIpc) is 2.89. The van der Waals surface area contributed by atoms with Crippen LogP contribution in [0.2, 0.25) is 13.1 Å². The summed E-state index contributed by atoms with van der Waals surface area (Å²) in [6.07, 6.45) is 6.69. The highest BCUT2D eigenvalue weighted by Crippen LogP contribution is 2.36. The van der Waals surface area contributed by atoms with Crippen LogP contribution in [0.15, 0.2) is 72.8 Å². The lowest BCUT2D eigenvalue weighted by Crippen LogP contribution is -2.52. The molecule has 1 aliphatic carbocycles. The Balaban J connectivity index is 1.70. The summed E-state index contributed by atoms with van der Waals surface area (Å²) in [6.45, 7) is 9.16. The maximum absolute atomic E-state index is 9.04. The van der Waals surface area contributed by atoms with E-state index < -0.39 is 8.07 Å². The summed E-state index contributed by atoms with van der Waals surface area (Å²) in [5, 5.41) is 5.08. The van der Waals surface area contributed by atoms with Crippen molar-refractivity contribution < 1.29 is 5.94 Å². The lowest BCUT2D eigenvalue weighted by molar-refractivity contribution is -0.665. The van der Waals surface area contributed by atoms with Gasteiger partial charge in [0.2, 0.25) is 5.69 Å². The van der Waals surface area contributed by atoms with Crippen LogP contribution in [-0.4, -0.2) is 8.07 Å². The largest absolute Gasteiger partial charge is 0.220 e. The maximum atomic E-state index is 9.04. The molecule has 4 aromatic rings. The number of aryl methyl sites for hydroxylation is 1. The van der Waals surface area contributed by atoms with E-state index >= 15 is 0 Å². The molecule has 174 valence electrons. The molecule has 0 aliphatic heterocycles. The SMILES string of the molecule is [2H]c1c(C)[n+](C)c(-c2cc(C3CCCCC3)ccc2C)c2ccc([Si](C)(C)c3ccccc3)cc12. The Labute approximate surface area is 207 Å². The van der Waals surface area contributed by atoms with Crippen LogP contribution in [0.25, 0.3) is 22.0 Å². The minimum atomic E-state index is -1.86. The number of benzene rings is 3. The van der Waals surface area contributed by atoms with Gasteiger partial charge in [-0.15, -0.1) is 0 Å². The van der Waals surface area contributed by atoms with Gasteiger partial charge >= 0.3 is 0 Å². The predicted octanol–water partition coefficient (Wildman–Crippen LogP) is 6.82. The molecule has 0 amide bonds. The first-order chi connectivity index (χ1) is 16.8. The van der Waals surface area contributed by atoms with E-state index in [0.29, 0.717) is 12.0 Å². The second-order valence-electron chi connectivity index (χ2n) is 10.8. The van der Waals surface area contributed by atoms with Crippen LogP contribution in [0.3, 0.4) is 0 Å². The Bertz CT molecular complexity index is 1380. The smallest absolute Gasteiger partial charge is 0.198 e. The first-order valence-electron chi connectivity index (χ1n) is 13.4. The molecule has 5 rings (SSSR count). The van der Waals surface area contributed by atoms with Gasteiger partial charge in [0.25, 0.3) is 0 Å². The van der Waals surface area contributed by atoms with Gasteiger partial charge in [-0.1, -0.05) is 97.3 Å². The number of fused-ring (bicyclic) bond motifs is 1. The van der Waals surface area contributed by atoms with Crippen LogP contribution < -0.4 is 14.9 Å². The Hall–Kier alpha value is -2.71. The molecule has 0 unspecified atom stereocenters. The number of pyridine rings is 1. The summed E-state index contributed by atoms with van der Waals surface area (Å²) in [7, 11) is 0.274. The summed E-state index contributed by atoms with van der Waals surface area (Å²) in [6, 6.07) is 25.6. The molecule has 1 aromatic heterocycles. The van der Waals surface area contributed by atoms with E-state index in [-0.39, 0.29) is 0 Å². The topological polar surface area (TPSA) is 3.88 Å². The van der Waals surface area contributed by atoms with Crippen molar-refractivity contribution in [2.45, 2.75) is 65.0 Å². The number of nitrogens with zero attached hydrogens (tertiary/aromatic N) is 1. The standard InChI is InChI=1S/C32H38NSi/c1-23-16-17-26(25-12-8-6-9-13-25)22-31(23)32-30-19-18-29(21-27(30)20-24(2)33(32)3)34(4,5)28-14-10-7-11-15-28/h7,10-11,14-22,25H,6,8-9,12-13H2,1-5H3/q+1/i20D. The van der Waals surface area contributed by atoms with Gasteiger partial charge in [-0.3, -0.25) is 0 Å². The van der Waals surface area contributed by atoms with E-state index in [4.69, 9.17) is 1.37 Å². The van der Waals surface area contributed by atoms with Crippen molar-refractivity contribution >= 4 is 29.2 Å². The monoisotopic (exact) mass is 465 g/mol. The van der Waals surface area contributed by atoms with Crippen molar-refractivity contribution in [1.29, 1.82) is 0 Å². The summed E-state index contributed by atoms with van der Waals surface area (Å²) in [5.74, 6) is 0.681. The molecule has 1 saturated carbocycles. The van der Waals surface area contributed by atoms with Crippen molar-refractivity contribution in [2.75, 3.05) is 0 Å². The Morgan fingerprint density at radius 1 is 0.853 bits per heavy atom. The third kappa shape index (κ3) is 4.13. The van der Waals surface area contributed by atoms with Crippen molar-refractivity contribution in [3.8, 4) is 11.3 Å². The van der Waals surface area contributed by atoms with Crippen molar-refractivity contribution in [3.05, 3.63) is 89.6 Å². The second-order valence-corrected chi connectivity index (χ2v) is 15.2. The van der Waals surface area contributed by atoms with E-state index in [1.165, 1.54) is 70.2 Å². The third-order valence-electron chi connectivity index (χ3n) is 8.24. The lowest BCUT2D eigenvalue weighted by atomic mass is 9.82. The second kappa shape index (κ2) is 9.15. The zero-order valence-electron chi connectivity index (χ0n) is 22.4. The van der Waals surface area contributed by atoms with Crippen molar-refractivity contribution in [2.24, 2.45) is 7.05 Å².